The number of carbonyl (C=O) groups is 2. The summed E-state index contributed by atoms with van der Waals surface area (Å²) in [6.45, 7) is 0.328. The minimum Gasteiger partial charge on any atom is -0.341 e. The monoisotopic (exact) mass is 441 g/mol. The van der Waals surface area contributed by atoms with Gasteiger partial charge in [-0.15, -0.1) is 0 Å². The Labute approximate surface area is 178 Å². The van der Waals surface area contributed by atoms with Crippen molar-refractivity contribution in [1.82, 2.24) is 15.4 Å². The van der Waals surface area contributed by atoms with Crippen LogP contribution in [-0.2, 0) is 15.8 Å². The van der Waals surface area contributed by atoms with Crippen molar-refractivity contribution in [3.8, 4) is 0 Å². The van der Waals surface area contributed by atoms with Crippen LogP contribution in [0.25, 0.3) is 0 Å². The topological polar surface area (TPSA) is 87.3 Å². The third kappa shape index (κ3) is 5.24. The van der Waals surface area contributed by atoms with Crippen LogP contribution in [0.1, 0.15) is 56.4 Å². The number of rotatable bonds is 7. The summed E-state index contributed by atoms with van der Waals surface area (Å²) in [5.41, 5.74) is 0.0429. The Bertz CT molecular complexity index is 780. The van der Waals surface area contributed by atoms with Gasteiger partial charge in [0.2, 0.25) is 5.92 Å². The largest absolute Gasteiger partial charge is 0.341 e. The maximum absolute atomic E-state index is 13.3. The summed E-state index contributed by atoms with van der Waals surface area (Å²) >= 11 is 0. The van der Waals surface area contributed by atoms with Gasteiger partial charge in [0.05, 0.1) is 4.90 Å². The molecule has 0 aliphatic heterocycles. The molecule has 6 nitrogen and oxygen atoms in total. The van der Waals surface area contributed by atoms with Crippen LogP contribution in [0, 0.1) is 5.92 Å². The van der Waals surface area contributed by atoms with E-state index in [0.29, 0.717) is 30.7 Å². The molecule has 3 unspecified atom stereocenters. The molecule has 30 heavy (non-hydrogen) atoms. The van der Waals surface area contributed by atoms with E-state index in [4.69, 9.17) is 0 Å². The van der Waals surface area contributed by atoms with Crippen molar-refractivity contribution in [2.75, 3.05) is 13.6 Å². The molecule has 0 spiro atoms. The second-order valence-electron chi connectivity index (χ2n) is 8.27. The average molecular weight is 442 g/mol. The van der Waals surface area contributed by atoms with Crippen LogP contribution in [0.3, 0.4) is 0 Å². The van der Waals surface area contributed by atoms with Crippen molar-refractivity contribution in [2.45, 2.75) is 67.2 Å². The highest BCUT2D eigenvalue weighted by Gasteiger charge is 2.44. The van der Waals surface area contributed by atoms with Gasteiger partial charge in [-0.25, -0.2) is 22.5 Å². The van der Waals surface area contributed by atoms with Crippen LogP contribution < -0.4 is 15.4 Å². The lowest BCUT2D eigenvalue weighted by molar-refractivity contribution is -0.114. The summed E-state index contributed by atoms with van der Waals surface area (Å²) in [5.74, 6) is -2.59. The maximum atomic E-state index is 13.3. The zero-order valence-electron chi connectivity index (χ0n) is 17.1. The molecular weight excluding hydrogens is 412 g/mol. The number of urea groups is 1. The molecule has 2 aliphatic carbocycles. The molecule has 2 saturated carbocycles. The molecule has 3 atom stereocenters. The highest BCUT2D eigenvalue weighted by Crippen LogP contribution is 2.41. The van der Waals surface area contributed by atoms with Gasteiger partial charge in [-0.3, -0.25) is 0 Å². The molecule has 0 saturated heterocycles. The summed E-state index contributed by atoms with van der Waals surface area (Å²) in [6.07, 6.45) is 3.64. The number of nitrogens with one attached hydrogen (secondary N) is 3. The van der Waals surface area contributed by atoms with Crippen molar-refractivity contribution in [1.29, 1.82) is 0 Å². The molecule has 9 heteroatoms. The molecule has 1 aromatic rings. The maximum Gasteiger partial charge on any atom is 0.315 e. The predicted molar refractivity (Wildman–Crippen MR) is 111 cm³/mol. The van der Waals surface area contributed by atoms with Crippen molar-refractivity contribution in [3.05, 3.63) is 29.8 Å². The van der Waals surface area contributed by atoms with Crippen LogP contribution in [0.2, 0.25) is 0 Å². The van der Waals surface area contributed by atoms with Gasteiger partial charge in [-0.05, 0) is 49.3 Å². The first-order valence-electron chi connectivity index (χ1n) is 10.4. The standard InChI is InChI=1S/C21H29F2N3O3S/c1-24-19(28)26-20(14-27)10-2-3-17(20)13-25-30(29)18-6-4-15(5-7-18)16-8-11-21(22,23)12-9-16/h4-7,14,16-17,25H,2-3,8-13H2,1H3,(H2,24,26,28). The van der Waals surface area contributed by atoms with Crippen LogP contribution in [0.4, 0.5) is 13.6 Å². The fraction of sp³-hybridized carbons (Fsp3) is 0.619. The summed E-state index contributed by atoms with van der Waals surface area (Å²) in [6, 6.07) is 6.83. The fourth-order valence-electron chi connectivity index (χ4n) is 4.51. The van der Waals surface area contributed by atoms with Gasteiger partial charge in [0.25, 0.3) is 0 Å². The van der Waals surface area contributed by atoms with Gasteiger partial charge in [-0.1, -0.05) is 18.6 Å². The van der Waals surface area contributed by atoms with Crippen molar-refractivity contribution < 1.29 is 22.6 Å². The minimum absolute atomic E-state index is 0.0864. The molecule has 2 amide bonds. The Morgan fingerprint density at radius 3 is 2.43 bits per heavy atom. The molecule has 0 heterocycles. The highest BCUT2D eigenvalue weighted by molar-refractivity contribution is 7.83. The Morgan fingerprint density at radius 2 is 1.83 bits per heavy atom. The van der Waals surface area contributed by atoms with Crippen LogP contribution in [0.5, 0.6) is 0 Å². The van der Waals surface area contributed by atoms with Crippen LogP contribution in [0.15, 0.2) is 29.2 Å². The lowest BCUT2D eigenvalue weighted by Crippen LogP contribution is -2.56. The Balaban J connectivity index is 1.57. The number of aldehydes is 1. The number of hydrogen-bond donors (Lipinski definition) is 3. The van der Waals surface area contributed by atoms with Gasteiger partial charge < -0.3 is 15.4 Å². The third-order valence-corrected chi connectivity index (χ3v) is 7.53. The molecule has 0 radical (unpaired) electrons. The molecule has 3 rings (SSSR count). The average Bonchev–Trinajstić information content (AvgIpc) is 3.14. The normalized spacial score (nSPS) is 27.4. The van der Waals surface area contributed by atoms with E-state index in [1.807, 2.05) is 12.1 Å². The Kier molecular flexibility index (Phi) is 7.23. The second-order valence-corrected chi connectivity index (χ2v) is 9.57. The first-order valence-corrected chi connectivity index (χ1v) is 11.5. The molecule has 2 fully saturated rings. The van der Waals surface area contributed by atoms with Crippen LogP contribution >= 0.6 is 0 Å². The van der Waals surface area contributed by atoms with Gasteiger partial charge in [-0.2, -0.15) is 0 Å². The van der Waals surface area contributed by atoms with Crippen LogP contribution in [-0.4, -0.2) is 41.6 Å². The Hall–Kier alpha value is -1.87. The second kappa shape index (κ2) is 9.51. The zero-order valence-corrected chi connectivity index (χ0v) is 17.9. The molecule has 0 bridgehead atoms. The van der Waals surface area contributed by atoms with Crippen molar-refractivity contribution in [3.63, 3.8) is 0 Å². The molecule has 166 valence electrons. The zero-order chi connectivity index (χ0) is 21.8. The van der Waals surface area contributed by atoms with Gasteiger partial charge in [0.1, 0.15) is 22.8 Å². The summed E-state index contributed by atoms with van der Waals surface area (Å²) in [7, 11) is 0.0247. The quantitative estimate of drug-likeness (QED) is 0.568. The van der Waals surface area contributed by atoms with Crippen molar-refractivity contribution in [2.24, 2.45) is 5.92 Å². The van der Waals surface area contributed by atoms with E-state index in [0.717, 1.165) is 24.7 Å². The molecule has 1 aromatic carbocycles. The number of hydrogen-bond acceptors (Lipinski definition) is 3. The first-order chi connectivity index (χ1) is 14.3. The molecule has 0 aromatic heterocycles. The van der Waals surface area contributed by atoms with Gasteiger partial charge in [0.15, 0.2) is 0 Å². The SMILES string of the molecule is CNC(=O)NC1(C=O)CCCC1CNS(=O)c1ccc(C2CCC(F)(F)CC2)cc1. The number of benzene rings is 1. The number of halogens is 2. The fourth-order valence-corrected chi connectivity index (χ4v) is 5.41. The lowest BCUT2D eigenvalue weighted by atomic mass is 9.82. The molecule has 3 N–H and O–H groups in total. The number of amides is 2. The number of carbonyl (C=O) groups excluding carboxylic acids is 2. The minimum atomic E-state index is -2.55. The molecular formula is C21H29F2N3O3S. The van der Waals surface area contributed by atoms with E-state index in [1.54, 1.807) is 12.1 Å². The summed E-state index contributed by atoms with van der Waals surface area (Å²) < 4.78 is 42.3. The van der Waals surface area contributed by atoms with E-state index < -0.39 is 28.5 Å². The van der Waals surface area contributed by atoms with E-state index >= 15 is 0 Å². The lowest BCUT2D eigenvalue weighted by Gasteiger charge is -2.31. The predicted octanol–water partition coefficient (Wildman–Crippen LogP) is 3.26. The third-order valence-electron chi connectivity index (χ3n) is 6.40. The summed E-state index contributed by atoms with van der Waals surface area (Å²) in [4.78, 5) is 24.1. The highest BCUT2D eigenvalue weighted by atomic mass is 32.2. The van der Waals surface area contributed by atoms with E-state index in [2.05, 4.69) is 15.4 Å². The van der Waals surface area contributed by atoms with Gasteiger partial charge in [0, 0.05) is 32.4 Å². The van der Waals surface area contributed by atoms with E-state index in [9.17, 15) is 22.6 Å². The number of alkyl halides is 2. The van der Waals surface area contributed by atoms with E-state index in [1.165, 1.54) is 7.05 Å². The van der Waals surface area contributed by atoms with E-state index in [-0.39, 0.29) is 24.7 Å². The summed E-state index contributed by atoms with van der Waals surface area (Å²) in [5, 5.41) is 5.21. The molecule has 2 aliphatic rings. The Morgan fingerprint density at radius 1 is 1.17 bits per heavy atom. The van der Waals surface area contributed by atoms with Crippen molar-refractivity contribution >= 4 is 23.3 Å². The van der Waals surface area contributed by atoms with Gasteiger partial charge >= 0.3 is 6.03 Å². The first kappa shape index (κ1) is 22.8. The smallest absolute Gasteiger partial charge is 0.315 e.